The Morgan fingerprint density at radius 1 is 1.08 bits per heavy atom. The first-order chi connectivity index (χ1) is 12.0. The fraction of sp³-hybridized carbons (Fsp3) is 0.263. The summed E-state index contributed by atoms with van der Waals surface area (Å²) >= 11 is 3.35. The van der Waals surface area contributed by atoms with Crippen LogP contribution in [0.2, 0.25) is 0 Å². The van der Waals surface area contributed by atoms with Crippen LogP contribution >= 0.6 is 15.9 Å². The molecule has 0 radical (unpaired) electrons. The predicted molar refractivity (Wildman–Crippen MR) is 99.8 cm³/mol. The molecule has 0 aliphatic heterocycles. The first-order valence-electron chi connectivity index (χ1n) is 8.15. The normalized spacial score (nSPS) is 14.5. The Hall–Kier alpha value is -2.34. The second-order valence-corrected chi connectivity index (χ2v) is 6.94. The molecule has 2 N–H and O–H groups in total. The van der Waals surface area contributed by atoms with E-state index in [1.807, 2.05) is 12.1 Å². The van der Waals surface area contributed by atoms with Gasteiger partial charge in [-0.2, -0.15) is 0 Å². The quantitative estimate of drug-likeness (QED) is 0.772. The van der Waals surface area contributed by atoms with Crippen molar-refractivity contribution in [3.8, 4) is 5.75 Å². The number of rotatable bonds is 6. The van der Waals surface area contributed by atoms with Gasteiger partial charge in [0.25, 0.3) is 11.8 Å². The standard InChI is InChI=1S/C19H19BrN2O3/c1-12(25-17-10-4-14(20)5-11-17)18(23)21-15-6-2-13(3-7-15)19(24)22-16-8-9-16/h2-7,10-12,16H,8-9H2,1H3,(H,21,23)(H,22,24). The van der Waals surface area contributed by atoms with E-state index in [4.69, 9.17) is 4.74 Å². The van der Waals surface area contributed by atoms with Crippen molar-refractivity contribution in [2.75, 3.05) is 5.32 Å². The van der Waals surface area contributed by atoms with Gasteiger partial charge in [-0.1, -0.05) is 15.9 Å². The van der Waals surface area contributed by atoms with Crippen LogP contribution in [0.25, 0.3) is 0 Å². The summed E-state index contributed by atoms with van der Waals surface area (Å²) in [6.45, 7) is 1.69. The number of hydrogen-bond acceptors (Lipinski definition) is 3. The molecule has 1 aliphatic rings. The lowest BCUT2D eigenvalue weighted by Gasteiger charge is -2.15. The molecule has 0 aromatic heterocycles. The summed E-state index contributed by atoms with van der Waals surface area (Å²) < 4.78 is 6.57. The van der Waals surface area contributed by atoms with E-state index in [-0.39, 0.29) is 11.8 Å². The minimum atomic E-state index is -0.640. The molecule has 6 heteroatoms. The van der Waals surface area contributed by atoms with Crippen LogP contribution in [0.15, 0.2) is 53.0 Å². The van der Waals surface area contributed by atoms with Crippen LogP contribution in [0, 0.1) is 0 Å². The molecule has 130 valence electrons. The number of amides is 2. The number of carbonyl (C=O) groups is 2. The number of hydrogen-bond donors (Lipinski definition) is 2. The molecule has 0 saturated heterocycles. The van der Waals surface area contributed by atoms with E-state index in [0.29, 0.717) is 23.0 Å². The highest BCUT2D eigenvalue weighted by atomic mass is 79.9. The number of carbonyl (C=O) groups excluding carboxylic acids is 2. The summed E-state index contributed by atoms with van der Waals surface area (Å²) in [5, 5.41) is 5.72. The maximum Gasteiger partial charge on any atom is 0.265 e. The van der Waals surface area contributed by atoms with Gasteiger partial charge in [0.2, 0.25) is 0 Å². The van der Waals surface area contributed by atoms with E-state index in [9.17, 15) is 9.59 Å². The average Bonchev–Trinajstić information content (AvgIpc) is 3.41. The highest BCUT2D eigenvalue weighted by Gasteiger charge is 2.23. The van der Waals surface area contributed by atoms with Crippen LogP contribution in [0.3, 0.4) is 0 Å². The van der Waals surface area contributed by atoms with Crippen molar-refractivity contribution < 1.29 is 14.3 Å². The zero-order valence-electron chi connectivity index (χ0n) is 13.8. The smallest absolute Gasteiger partial charge is 0.265 e. The van der Waals surface area contributed by atoms with E-state index >= 15 is 0 Å². The first kappa shape index (κ1) is 17.5. The fourth-order valence-electron chi connectivity index (χ4n) is 2.22. The number of anilines is 1. The summed E-state index contributed by atoms with van der Waals surface area (Å²) in [6, 6.07) is 14.4. The van der Waals surface area contributed by atoms with Gasteiger partial charge in [-0.25, -0.2) is 0 Å². The van der Waals surface area contributed by atoms with Crippen LogP contribution in [0.4, 0.5) is 5.69 Å². The monoisotopic (exact) mass is 402 g/mol. The van der Waals surface area contributed by atoms with Crippen LogP contribution in [-0.2, 0) is 4.79 Å². The molecule has 5 nitrogen and oxygen atoms in total. The van der Waals surface area contributed by atoms with Crippen molar-refractivity contribution in [3.05, 3.63) is 58.6 Å². The Morgan fingerprint density at radius 2 is 1.72 bits per heavy atom. The van der Waals surface area contributed by atoms with Gasteiger partial charge < -0.3 is 15.4 Å². The zero-order chi connectivity index (χ0) is 17.8. The topological polar surface area (TPSA) is 67.4 Å². The van der Waals surface area contributed by atoms with Crippen molar-refractivity contribution in [1.29, 1.82) is 0 Å². The third-order valence-electron chi connectivity index (χ3n) is 3.82. The molecule has 0 bridgehead atoms. The molecule has 0 heterocycles. The average molecular weight is 403 g/mol. The number of nitrogens with one attached hydrogen (secondary N) is 2. The summed E-state index contributed by atoms with van der Waals surface area (Å²) in [6.07, 6.45) is 1.46. The summed E-state index contributed by atoms with van der Waals surface area (Å²) in [4.78, 5) is 24.2. The largest absolute Gasteiger partial charge is 0.481 e. The summed E-state index contributed by atoms with van der Waals surface area (Å²) in [5.74, 6) is 0.295. The lowest BCUT2D eigenvalue weighted by atomic mass is 10.2. The first-order valence-corrected chi connectivity index (χ1v) is 8.94. The van der Waals surface area contributed by atoms with E-state index in [2.05, 4.69) is 26.6 Å². The van der Waals surface area contributed by atoms with Crippen LogP contribution in [0.5, 0.6) is 5.75 Å². The molecule has 2 aromatic rings. The van der Waals surface area contributed by atoms with Gasteiger partial charge in [0.15, 0.2) is 6.10 Å². The Balaban J connectivity index is 1.54. The Morgan fingerprint density at radius 3 is 2.32 bits per heavy atom. The van der Waals surface area contributed by atoms with Gasteiger partial charge in [-0.05, 0) is 68.3 Å². The highest BCUT2D eigenvalue weighted by Crippen LogP contribution is 2.20. The van der Waals surface area contributed by atoms with Crippen molar-refractivity contribution in [3.63, 3.8) is 0 Å². The predicted octanol–water partition coefficient (Wildman–Crippen LogP) is 3.75. The number of halogens is 1. The van der Waals surface area contributed by atoms with Gasteiger partial charge in [0.05, 0.1) is 0 Å². The third kappa shape index (κ3) is 5.06. The third-order valence-corrected chi connectivity index (χ3v) is 4.35. The molecule has 3 rings (SSSR count). The van der Waals surface area contributed by atoms with E-state index in [0.717, 1.165) is 17.3 Å². The molecule has 2 aromatic carbocycles. The molecule has 1 saturated carbocycles. The van der Waals surface area contributed by atoms with Crippen LogP contribution in [0.1, 0.15) is 30.1 Å². The summed E-state index contributed by atoms with van der Waals surface area (Å²) in [5.41, 5.74) is 1.21. The fourth-order valence-corrected chi connectivity index (χ4v) is 2.48. The Labute approximate surface area is 154 Å². The summed E-state index contributed by atoms with van der Waals surface area (Å²) in [7, 11) is 0. The lowest BCUT2D eigenvalue weighted by molar-refractivity contribution is -0.122. The van der Waals surface area contributed by atoms with Gasteiger partial charge in [0.1, 0.15) is 5.75 Å². The second kappa shape index (κ2) is 7.70. The molecular formula is C19H19BrN2O3. The zero-order valence-corrected chi connectivity index (χ0v) is 15.4. The van der Waals surface area contributed by atoms with Crippen LogP contribution in [-0.4, -0.2) is 24.0 Å². The van der Waals surface area contributed by atoms with E-state index in [1.165, 1.54) is 0 Å². The van der Waals surface area contributed by atoms with Crippen molar-refractivity contribution in [2.45, 2.75) is 31.9 Å². The molecule has 2 amide bonds. The maximum atomic E-state index is 12.2. The van der Waals surface area contributed by atoms with Gasteiger partial charge in [0, 0.05) is 21.8 Å². The Kier molecular flexibility index (Phi) is 5.38. The van der Waals surface area contributed by atoms with Gasteiger partial charge in [-0.15, -0.1) is 0 Å². The molecule has 1 fully saturated rings. The number of ether oxygens (including phenoxy) is 1. The second-order valence-electron chi connectivity index (χ2n) is 6.03. The van der Waals surface area contributed by atoms with E-state index in [1.54, 1.807) is 43.3 Å². The number of benzene rings is 2. The SMILES string of the molecule is CC(Oc1ccc(Br)cc1)C(=O)Nc1ccc(C(=O)NC2CC2)cc1. The molecule has 1 unspecified atom stereocenters. The highest BCUT2D eigenvalue weighted by molar-refractivity contribution is 9.10. The molecular weight excluding hydrogens is 384 g/mol. The van der Waals surface area contributed by atoms with Crippen molar-refractivity contribution in [1.82, 2.24) is 5.32 Å². The lowest BCUT2D eigenvalue weighted by Crippen LogP contribution is -2.30. The molecule has 1 aliphatic carbocycles. The minimum Gasteiger partial charge on any atom is -0.481 e. The van der Waals surface area contributed by atoms with Crippen molar-refractivity contribution >= 4 is 33.4 Å². The van der Waals surface area contributed by atoms with Crippen molar-refractivity contribution in [2.24, 2.45) is 0 Å². The molecule has 0 spiro atoms. The maximum absolute atomic E-state index is 12.2. The molecule has 25 heavy (non-hydrogen) atoms. The van der Waals surface area contributed by atoms with Gasteiger partial charge >= 0.3 is 0 Å². The van der Waals surface area contributed by atoms with Crippen LogP contribution < -0.4 is 15.4 Å². The van der Waals surface area contributed by atoms with Gasteiger partial charge in [-0.3, -0.25) is 9.59 Å². The molecule has 1 atom stereocenters. The van der Waals surface area contributed by atoms with E-state index < -0.39 is 6.10 Å². The Bertz CT molecular complexity index is 755. The minimum absolute atomic E-state index is 0.0766.